The van der Waals surface area contributed by atoms with Crippen LogP contribution in [0.3, 0.4) is 0 Å². The highest BCUT2D eigenvalue weighted by molar-refractivity contribution is 6.31. The molecule has 3 unspecified atom stereocenters. The maximum Gasteiger partial charge on any atom is 0.224 e. The Morgan fingerprint density at radius 2 is 2.19 bits per heavy atom. The van der Waals surface area contributed by atoms with E-state index in [0.717, 1.165) is 30.0 Å². The predicted octanol–water partition coefficient (Wildman–Crippen LogP) is 3.03. The van der Waals surface area contributed by atoms with Gasteiger partial charge in [-0.25, -0.2) is 4.39 Å². The fraction of sp³-hybridized carbons (Fsp3) is 0.500. The molecular formula is C20H24ClFN4O. The number of fused-ring (bicyclic) bond motifs is 2. The molecule has 144 valence electrons. The molecule has 1 N–H and O–H groups in total. The molecule has 3 atom stereocenters. The number of aryl methyl sites for hydroxylation is 1. The maximum absolute atomic E-state index is 13.1. The third-order valence-electron chi connectivity index (χ3n) is 5.92. The van der Waals surface area contributed by atoms with E-state index in [9.17, 15) is 9.18 Å². The summed E-state index contributed by atoms with van der Waals surface area (Å²) in [7, 11) is 0. The lowest BCUT2D eigenvalue weighted by Crippen LogP contribution is -2.28. The van der Waals surface area contributed by atoms with Gasteiger partial charge in [-0.15, -0.1) is 0 Å². The van der Waals surface area contributed by atoms with Gasteiger partial charge in [-0.05, 0) is 50.4 Å². The molecule has 1 aromatic heterocycles. The lowest BCUT2D eigenvalue weighted by Gasteiger charge is -2.23. The van der Waals surface area contributed by atoms with Crippen LogP contribution in [0.1, 0.15) is 35.0 Å². The molecule has 1 aromatic carbocycles. The van der Waals surface area contributed by atoms with Gasteiger partial charge in [0.15, 0.2) is 0 Å². The second-order valence-corrected chi connectivity index (χ2v) is 8.07. The van der Waals surface area contributed by atoms with Gasteiger partial charge in [-0.2, -0.15) is 5.10 Å². The zero-order valence-corrected chi connectivity index (χ0v) is 16.4. The fourth-order valence-electron chi connectivity index (χ4n) is 4.39. The third-order valence-corrected chi connectivity index (χ3v) is 6.27. The fourth-order valence-corrected chi connectivity index (χ4v) is 4.62. The normalized spacial score (nSPS) is 23.8. The number of amides is 1. The van der Waals surface area contributed by atoms with Crippen LogP contribution in [0.2, 0.25) is 5.02 Å². The van der Waals surface area contributed by atoms with Crippen LogP contribution in [0, 0.1) is 25.6 Å². The Balaban J connectivity index is 1.42. The van der Waals surface area contributed by atoms with Crippen LogP contribution in [0.25, 0.3) is 0 Å². The lowest BCUT2D eigenvalue weighted by atomic mass is 10.00. The average Bonchev–Trinajstić information content (AvgIpc) is 3.32. The molecule has 2 aliphatic heterocycles. The van der Waals surface area contributed by atoms with E-state index in [1.807, 2.05) is 6.92 Å². The van der Waals surface area contributed by atoms with E-state index in [4.69, 9.17) is 16.7 Å². The summed E-state index contributed by atoms with van der Waals surface area (Å²) in [5, 5.41) is 7.95. The number of piperidine rings is 1. The molecule has 2 aromatic rings. The first-order chi connectivity index (χ1) is 12.9. The van der Waals surface area contributed by atoms with Crippen molar-refractivity contribution in [2.24, 2.45) is 5.92 Å². The second-order valence-electron chi connectivity index (χ2n) is 7.66. The van der Waals surface area contributed by atoms with Gasteiger partial charge in [-0.3, -0.25) is 9.48 Å². The number of nitrogens with zero attached hydrogens (tertiary/aromatic N) is 3. The molecule has 4 rings (SSSR count). The van der Waals surface area contributed by atoms with Crippen LogP contribution < -0.4 is 5.32 Å². The van der Waals surface area contributed by atoms with E-state index in [-0.39, 0.29) is 24.7 Å². The minimum Gasteiger partial charge on any atom is -0.352 e. The van der Waals surface area contributed by atoms with Gasteiger partial charge in [0, 0.05) is 35.9 Å². The smallest absolute Gasteiger partial charge is 0.224 e. The van der Waals surface area contributed by atoms with Gasteiger partial charge in [0.05, 0.1) is 18.2 Å². The minimum absolute atomic E-state index is 0.0853. The molecule has 2 fully saturated rings. The first-order valence-electron chi connectivity index (χ1n) is 9.40. The largest absolute Gasteiger partial charge is 0.352 e. The van der Waals surface area contributed by atoms with E-state index in [1.165, 1.54) is 25.1 Å². The summed E-state index contributed by atoms with van der Waals surface area (Å²) in [5.74, 6) is 0.203. The van der Waals surface area contributed by atoms with Crippen molar-refractivity contribution in [2.45, 2.75) is 39.3 Å². The quantitative estimate of drug-likeness (QED) is 0.853. The third kappa shape index (κ3) is 3.60. The number of aromatic nitrogens is 2. The van der Waals surface area contributed by atoms with Crippen molar-refractivity contribution in [3.8, 4) is 0 Å². The number of hydrogen-bond donors (Lipinski definition) is 1. The summed E-state index contributed by atoms with van der Waals surface area (Å²) in [4.78, 5) is 14.9. The van der Waals surface area contributed by atoms with E-state index in [1.54, 1.807) is 6.07 Å². The molecule has 2 saturated heterocycles. The van der Waals surface area contributed by atoms with Gasteiger partial charge in [0.1, 0.15) is 5.82 Å². The van der Waals surface area contributed by atoms with E-state index < -0.39 is 0 Å². The Kier molecular flexibility index (Phi) is 4.95. The predicted molar refractivity (Wildman–Crippen MR) is 102 cm³/mol. The summed E-state index contributed by atoms with van der Waals surface area (Å²) in [5.41, 5.74) is 3.70. The molecule has 2 aliphatic rings. The molecule has 0 radical (unpaired) electrons. The average molecular weight is 391 g/mol. The highest BCUT2D eigenvalue weighted by Gasteiger charge is 2.40. The Labute approximate surface area is 163 Å². The SMILES string of the molecule is Cc1nn(C2CN3CCC2C3)c(C)c1CC(=O)NCc1ccc(F)cc1Cl. The Morgan fingerprint density at radius 1 is 1.37 bits per heavy atom. The van der Waals surface area contributed by atoms with E-state index in [2.05, 4.69) is 21.8 Å². The summed E-state index contributed by atoms with van der Waals surface area (Å²) < 4.78 is 15.3. The van der Waals surface area contributed by atoms with Crippen LogP contribution in [0.5, 0.6) is 0 Å². The highest BCUT2D eigenvalue weighted by Crippen LogP contribution is 2.37. The lowest BCUT2D eigenvalue weighted by molar-refractivity contribution is -0.120. The van der Waals surface area contributed by atoms with E-state index >= 15 is 0 Å². The number of rotatable bonds is 5. The number of nitrogens with one attached hydrogen (secondary N) is 1. The van der Waals surface area contributed by atoms with Gasteiger partial charge in [0.2, 0.25) is 5.91 Å². The molecule has 0 saturated carbocycles. The zero-order chi connectivity index (χ0) is 19.1. The van der Waals surface area contributed by atoms with Gasteiger partial charge in [0.25, 0.3) is 0 Å². The van der Waals surface area contributed by atoms with Gasteiger partial charge in [-0.1, -0.05) is 17.7 Å². The summed E-state index contributed by atoms with van der Waals surface area (Å²) in [6.07, 6.45) is 1.52. The summed E-state index contributed by atoms with van der Waals surface area (Å²) in [6, 6.07) is 4.62. The molecule has 3 heterocycles. The van der Waals surface area contributed by atoms with Crippen molar-refractivity contribution in [1.82, 2.24) is 20.0 Å². The van der Waals surface area contributed by atoms with Crippen molar-refractivity contribution in [3.63, 3.8) is 0 Å². The number of carbonyl (C=O) groups excluding carboxylic acids is 1. The number of benzene rings is 1. The van der Waals surface area contributed by atoms with Crippen molar-refractivity contribution in [1.29, 1.82) is 0 Å². The second kappa shape index (κ2) is 7.24. The molecule has 27 heavy (non-hydrogen) atoms. The van der Waals surface area contributed by atoms with Crippen molar-refractivity contribution >= 4 is 17.5 Å². The van der Waals surface area contributed by atoms with Gasteiger partial charge < -0.3 is 10.2 Å². The molecular weight excluding hydrogens is 367 g/mol. The highest BCUT2D eigenvalue weighted by atomic mass is 35.5. The van der Waals surface area contributed by atoms with Gasteiger partial charge >= 0.3 is 0 Å². The Bertz CT molecular complexity index is 881. The molecule has 1 amide bonds. The number of halogens is 2. The first kappa shape index (κ1) is 18.4. The standard InChI is InChI=1S/C20H24ClFN4O/c1-12-17(8-20(27)23-9-14-3-4-16(22)7-18(14)21)13(2)26(24-12)19-11-25-6-5-15(19)10-25/h3-4,7,15,19H,5-6,8-11H2,1-2H3,(H,23,27). The van der Waals surface area contributed by atoms with Crippen LogP contribution in [0.4, 0.5) is 4.39 Å². The minimum atomic E-state index is -0.384. The molecule has 0 aliphatic carbocycles. The monoisotopic (exact) mass is 390 g/mol. The summed E-state index contributed by atoms with van der Waals surface area (Å²) in [6.45, 7) is 7.72. The van der Waals surface area contributed by atoms with Crippen molar-refractivity contribution in [2.75, 3.05) is 19.6 Å². The van der Waals surface area contributed by atoms with Crippen LogP contribution in [-0.4, -0.2) is 40.2 Å². The summed E-state index contributed by atoms with van der Waals surface area (Å²) >= 11 is 6.02. The molecule has 2 bridgehead atoms. The van der Waals surface area contributed by atoms with Crippen LogP contribution >= 0.6 is 11.6 Å². The topological polar surface area (TPSA) is 50.2 Å². The maximum atomic E-state index is 13.1. The van der Waals surface area contributed by atoms with Crippen molar-refractivity contribution in [3.05, 3.63) is 51.6 Å². The van der Waals surface area contributed by atoms with E-state index in [0.29, 0.717) is 22.5 Å². The first-order valence-corrected chi connectivity index (χ1v) is 9.77. The van der Waals surface area contributed by atoms with Crippen molar-refractivity contribution < 1.29 is 9.18 Å². The number of hydrogen-bond acceptors (Lipinski definition) is 3. The Hall–Kier alpha value is -1.92. The number of carbonyl (C=O) groups is 1. The molecule has 0 spiro atoms. The van der Waals surface area contributed by atoms with Crippen LogP contribution in [-0.2, 0) is 17.8 Å². The zero-order valence-electron chi connectivity index (χ0n) is 15.6. The molecule has 7 heteroatoms. The molecule has 5 nitrogen and oxygen atoms in total. The Morgan fingerprint density at radius 3 is 2.85 bits per heavy atom. The van der Waals surface area contributed by atoms with Crippen LogP contribution in [0.15, 0.2) is 18.2 Å².